The SMILES string of the molecule is CC(C)c1ccc(S(=O)(=O)N2CCC(C(=O)Nc3cc(Cl)ccc3Cl)CC2)cc1. The minimum absolute atomic E-state index is 0.174. The topological polar surface area (TPSA) is 66.5 Å². The van der Waals surface area contributed by atoms with E-state index in [0.717, 1.165) is 5.56 Å². The summed E-state index contributed by atoms with van der Waals surface area (Å²) in [6, 6.07) is 11.9. The highest BCUT2D eigenvalue weighted by molar-refractivity contribution is 7.89. The van der Waals surface area contributed by atoms with Crippen LogP contribution in [0.1, 0.15) is 38.2 Å². The van der Waals surface area contributed by atoms with Crippen molar-refractivity contribution in [3.63, 3.8) is 0 Å². The first-order valence-electron chi connectivity index (χ1n) is 9.54. The Morgan fingerprint density at radius 3 is 2.28 bits per heavy atom. The van der Waals surface area contributed by atoms with Gasteiger partial charge in [-0.05, 0) is 54.7 Å². The van der Waals surface area contributed by atoms with Gasteiger partial charge in [-0.1, -0.05) is 49.2 Å². The number of anilines is 1. The maximum atomic E-state index is 12.9. The van der Waals surface area contributed by atoms with Crippen molar-refractivity contribution in [3.8, 4) is 0 Å². The van der Waals surface area contributed by atoms with Crippen molar-refractivity contribution in [1.29, 1.82) is 0 Å². The van der Waals surface area contributed by atoms with Crippen LogP contribution in [0.2, 0.25) is 10.0 Å². The van der Waals surface area contributed by atoms with Crippen molar-refractivity contribution in [3.05, 3.63) is 58.1 Å². The van der Waals surface area contributed by atoms with Crippen molar-refractivity contribution in [2.75, 3.05) is 18.4 Å². The summed E-state index contributed by atoms with van der Waals surface area (Å²) >= 11 is 12.1. The van der Waals surface area contributed by atoms with Crippen LogP contribution in [0.15, 0.2) is 47.4 Å². The molecule has 156 valence electrons. The van der Waals surface area contributed by atoms with Gasteiger partial charge in [-0.3, -0.25) is 4.79 Å². The standard InChI is InChI=1S/C21H24Cl2N2O3S/c1-14(2)15-3-6-18(7-4-15)29(27,28)25-11-9-16(10-12-25)21(26)24-20-13-17(22)5-8-19(20)23/h3-8,13-14,16H,9-12H2,1-2H3,(H,24,26). The third-order valence-electron chi connectivity index (χ3n) is 5.20. The number of nitrogens with one attached hydrogen (secondary N) is 1. The quantitative estimate of drug-likeness (QED) is 0.678. The second kappa shape index (κ2) is 9.04. The summed E-state index contributed by atoms with van der Waals surface area (Å²) in [5.41, 5.74) is 1.56. The first kappa shape index (κ1) is 22.1. The van der Waals surface area contributed by atoms with E-state index in [0.29, 0.717) is 47.6 Å². The number of benzene rings is 2. The molecular formula is C21H24Cl2N2O3S. The maximum absolute atomic E-state index is 12.9. The van der Waals surface area contributed by atoms with Gasteiger partial charge >= 0.3 is 0 Å². The van der Waals surface area contributed by atoms with E-state index in [4.69, 9.17) is 23.2 Å². The molecule has 1 fully saturated rings. The normalized spacial score (nSPS) is 16.2. The van der Waals surface area contributed by atoms with Crippen molar-refractivity contribution in [2.45, 2.75) is 37.5 Å². The molecular weight excluding hydrogens is 431 g/mol. The fourth-order valence-corrected chi connectivity index (χ4v) is 5.17. The number of carbonyl (C=O) groups excluding carboxylic acids is 1. The average Bonchev–Trinajstić information content (AvgIpc) is 2.71. The second-order valence-corrected chi connectivity index (χ2v) is 10.3. The van der Waals surface area contributed by atoms with Gasteiger partial charge in [0.1, 0.15) is 0 Å². The highest BCUT2D eigenvalue weighted by atomic mass is 35.5. The molecule has 0 bridgehead atoms. The molecule has 0 unspecified atom stereocenters. The number of hydrogen-bond acceptors (Lipinski definition) is 3. The summed E-state index contributed by atoms with van der Waals surface area (Å²) in [6.45, 7) is 4.73. The Labute approximate surface area is 182 Å². The van der Waals surface area contributed by atoms with Gasteiger partial charge in [0.05, 0.1) is 15.6 Å². The predicted octanol–water partition coefficient (Wildman–Crippen LogP) is 5.16. The van der Waals surface area contributed by atoms with E-state index in [-0.39, 0.29) is 16.7 Å². The zero-order valence-electron chi connectivity index (χ0n) is 16.4. The van der Waals surface area contributed by atoms with Crippen LogP contribution in [-0.4, -0.2) is 31.7 Å². The lowest BCUT2D eigenvalue weighted by atomic mass is 9.97. The highest BCUT2D eigenvalue weighted by Crippen LogP contribution is 2.29. The minimum Gasteiger partial charge on any atom is -0.324 e. The van der Waals surface area contributed by atoms with E-state index in [1.807, 2.05) is 12.1 Å². The number of sulfonamides is 1. The monoisotopic (exact) mass is 454 g/mol. The van der Waals surface area contributed by atoms with Gasteiger partial charge in [0, 0.05) is 24.0 Å². The molecule has 0 aliphatic carbocycles. The van der Waals surface area contributed by atoms with E-state index in [2.05, 4.69) is 19.2 Å². The Balaban J connectivity index is 1.63. The van der Waals surface area contributed by atoms with Crippen LogP contribution < -0.4 is 5.32 Å². The van der Waals surface area contributed by atoms with Gasteiger partial charge in [0.2, 0.25) is 15.9 Å². The summed E-state index contributed by atoms with van der Waals surface area (Å²) in [4.78, 5) is 12.9. The third kappa shape index (κ3) is 5.12. The zero-order valence-corrected chi connectivity index (χ0v) is 18.7. The van der Waals surface area contributed by atoms with Crippen LogP contribution in [0, 0.1) is 5.92 Å². The van der Waals surface area contributed by atoms with Crippen molar-refractivity contribution in [2.24, 2.45) is 5.92 Å². The summed E-state index contributed by atoms with van der Waals surface area (Å²) in [5.74, 6) is -0.110. The van der Waals surface area contributed by atoms with Gasteiger partial charge in [0.25, 0.3) is 0 Å². The molecule has 0 atom stereocenters. The Kier molecular flexibility index (Phi) is 6.89. The predicted molar refractivity (Wildman–Crippen MR) is 117 cm³/mol. The van der Waals surface area contributed by atoms with Gasteiger partial charge in [0.15, 0.2) is 0 Å². The van der Waals surface area contributed by atoms with Crippen LogP contribution in [0.25, 0.3) is 0 Å². The summed E-state index contributed by atoms with van der Waals surface area (Å²) in [6.07, 6.45) is 0.903. The molecule has 2 aromatic carbocycles. The molecule has 1 amide bonds. The molecule has 0 radical (unpaired) electrons. The molecule has 1 N–H and O–H groups in total. The smallest absolute Gasteiger partial charge is 0.243 e. The van der Waals surface area contributed by atoms with E-state index in [9.17, 15) is 13.2 Å². The summed E-state index contributed by atoms with van der Waals surface area (Å²) in [7, 11) is -3.56. The van der Waals surface area contributed by atoms with Gasteiger partial charge in [-0.2, -0.15) is 4.31 Å². The molecule has 5 nitrogen and oxygen atoms in total. The van der Waals surface area contributed by atoms with E-state index in [1.165, 1.54) is 4.31 Å². The first-order chi connectivity index (χ1) is 13.7. The van der Waals surface area contributed by atoms with E-state index in [1.54, 1.807) is 30.3 Å². The molecule has 2 aromatic rings. The van der Waals surface area contributed by atoms with Crippen LogP contribution in [-0.2, 0) is 14.8 Å². The molecule has 0 saturated carbocycles. The number of rotatable bonds is 5. The lowest BCUT2D eigenvalue weighted by molar-refractivity contribution is -0.120. The first-order valence-corrected chi connectivity index (χ1v) is 11.7. The van der Waals surface area contributed by atoms with Crippen molar-refractivity contribution < 1.29 is 13.2 Å². The van der Waals surface area contributed by atoms with E-state index >= 15 is 0 Å². The Bertz CT molecular complexity index is 983. The number of piperidine rings is 1. The van der Waals surface area contributed by atoms with Gasteiger partial charge < -0.3 is 5.32 Å². The van der Waals surface area contributed by atoms with Crippen LogP contribution in [0.3, 0.4) is 0 Å². The molecule has 1 heterocycles. The number of carbonyl (C=O) groups is 1. The lowest BCUT2D eigenvalue weighted by Gasteiger charge is -2.30. The molecule has 0 spiro atoms. The Hall–Kier alpha value is -1.60. The fourth-order valence-electron chi connectivity index (χ4n) is 3.36. The van der Waals surface area contributed by atoms with Crippen LogP contribution in [0.5, 0.6) is 0 Å². The minimum atomic E-state index is -3.56. The number of hydrogen-bond donors (Lipinski definition) is 1. The number of amides is 1. The number of nitrogens with zero attached hydrogens (tertiary/aromatic N) is 1. The fraction of sp³-hybridized carbons (Fsp3) is 0.381. The Morgan fingerprint density at radius 2 is 1.69 bits per heavy atom. The second-order valence-electron chi connectivity index (χ2n) is 7.52. The van der Waals surface area contributed by atoms with Crippen molar-refractivity contribution in [1.82, 2.24) is 4.31 Å². The molecule has 3 rings (SSSR count). The molecule has 8 heteroatoms. The molecule has 0 aromatic heterocycles. The average molecular weight is 455 g/mol. The Morgan fingerprint density at radius 1 is 1.07 bits per heavy atom. The zero-order chi connectivity index (χ0) is 21.2. The molecule has 1 aliphatic heterocycles. The number of halogens is 2. The van der Waals surface area contributed by atoms with Crippen LogP contribution in [0.4, 0.5) is 5.69 Å². The summed E-state index contributed by atoms with van der Waals surface area (Å²) < 4.78 is 27.3. The largest absolute Gasteiger partial charge is 0.324 e. The van der Waals surface area contributed by atoms with Gasteiger partial charge in [-0.25, -0.2) is 8.42 Å². The molecule has 29 heavy (non-hydrogen) atoms. The van der Waals surface area contributed by atoms with E-state index < -0.39 is 10.0 Å². The van der Waals surface area contributed by atoms with Crippen LogP contribution >= 0.6 is 23.2 Å². The lowest BCUT2D eigenvalue weighted by Crippen LogP contribution is -2.41. The third-order valence-corrected chi connectivity index (χ3v) is 7.67. The molecule has 1 aliphatic rings. The summed E-state index contributed by atoms with van der Waals surface area (Å²) in [5, 5.41) is 3.69. The van der Waals surface area contributed by atoms with Crippen molar-refractivity contribution >= 4 is 44.8 Å². The maximum Gasteiger partial charge on any atom is 0.243 e. The highest BCUT2D eigenvalue weighted by Gasteiger charge is 2.32. The van der Waals surface area contributed by atoms with Gasteiger partial charge in [-0.15, -0.1) is 0 Å². The molecule has 1 saturated heterocycles.